The van der Waals surface area contributed by atoms with Crippen molar-refractivity contribution in [2.45, 2.75) is 19.9 Å². The Hall–Kier alpha value is -1.30. The van der Waals surface area contributed by atoms with E-state index in [9.17, 15) is 9.59 Å². The third-order valence-electron chi connectivity index (χ3n) is 2.22. The van der Waals surface area contributed by atoms with E-state index >= 15 is 0 Å². The number of carboxylic acid groups (broad SMARTS) is 1. The lowest BCUT2D eigenvalue weighted by Crippen LogP contribution is -2.32. The van der Waals surface area contributed by atoms with Crippen LogP contribution in [0.5, 0.6) is 0 Å². The third kappa shape index (κ3) is 4.70. The van der Waals surface area contributed by atoms with E-state index in [1.807, 2.05) is 13.8 Å². The van der Waals surface area contributed by atoms with Crippen LogP contribution in [0.4, 0.5) is 5.69 Å². The van der Waals surface area contributed by atoms with Gasteiger partial charge in [-0.05, 0) is 12.1 Å². The average Bonchev–Trinajstić information content (AvgIpc) is 2.30. The number of carbonyl (C=O) groups is 2. The molecule has 1 amide bonds. The van der Waals surface area contributed by atoms with Crippen LogP contribution in [0.25, 0.3) is 0 Å². The number of rotatable bonds is 5. The van der Waals surface area contributed by atoms with Gasteiger partial charge in [0, 0.05) is 6.04 Å². The molecule has 19 heavy (non-hydrogen) atoms. The average molecular weight is 305 g/mol. The number of aromatic carboxylic acids is 1. The van der Waals surface area contributed by atoms with Crippen molar-refractivity contribution >= 4 is 40.8 Å². The molecule has 0 saturated heterocycles. The SMILES string of the molecule is CC(C)NCC(=O)Nc1c(Cl)cc(C(=O)O)cc1Cl. The van der Waals surface area contributed by atoms with Gasteiger partial charge < -0.3 is 15.7 Å². The van der Waals surface area contributed by atoms with Gasteiger partial charge in [0.2, 0.25) is 5.91 Å². The summed E-state index contributed by atoms with van der Waals surface area (Å²) in [6.07, 6.45) is 0. The van der Waals surface area contributed by atoms with Crippen molar-refractivity contribution < 1.29 is 14.7 Å². The van der Waals surface area contributed by atoms with Gasteiger partial charge in [-0.2, -0.15) is 0 Å². The van der Waals surface area contributed by atoms with E-state index in [0.717, 1.165) is 0 Å². The van der Waals surface area contributed by atoms with Gasteiger partial charge in [0.05, 0.1) is 27.8 Å². The first-order chi connectivity index (χ1) is 8.81. The number of halogens is 2. The lowest BCUT2D eigenvalue weighted by molar-refractivity contribution is -0.115. The third-order valence-corrected chi connectivity index (χ3v) is 2.82. The van der Waals surface area contributed by atoms with Crippen LogP contribution in [0, 0.1) is 0 Å². The minimum atomic E-state index is -1.14. The van der Waals surface area contributed by atoms with Gasteiger partial charge in [0.25, 0.3) is 0 Å². The Morgan fingerprint density at radius 3 is 2.21 bits per heavy atom. The predicted octanol–water partition coefficient (Wildman–Crippen LogP) is 2.63. The predicted molar refractivity (Wildman–Crippen MR) is 75.2 cm³/mol. The number of anilines is 1. The quantitative estimate of drug-likeness (QED) is 0.781. The molecule has 104 valence electrons. The van der Waals surface area contributed by atoms with Crippen molar-refractivity contribution in [2.75, 3.05) is 11.9 Å². The second kappa shape index (κ2) is 6.75. The van der Waals surface area contributed by atoms with Gasteiger partial charge in [-0.1, -0.05) is 37.0 Å². The molecule has 1 aromatic carbocycles. The highest BCUT2D eigenvalue weighted by Crippen LogP contribution is 2.31. The molecule has 7 heteroatoms. The zero-order valence-electron chi connectivity index (χ0n) is 10.5. The molecule has 0 bridgehead atoms. The molecule has 0 saturated carbocycles. The van der Waals surface area contributed by atoms with E-state index in [1.54, 1.807) is 0 Å². The van der Waals surface area contributed by atoms with Crippen molar-refractivity contribution in [1.82, 2.24) is 5.32 Å². The zero-order valence-corrected chi connectivity index (χ0v) is 12.0. The molecule has 0 fully saturated rings. The number of carbonyl (C=O) groups excluding carboxylic acids is 1. The standard InChI is InChI=1S/C12H14Cl2N2O3/c1-6(2)15-5-10(17)16-11-8(13)3-7(12(18)19)4-9(11)14/h3-4,6,15H,5H2,1-2H3,(H,16,17)(H,18,19). The summed E-state index contributed by atoms with van der Waals surface area (Å²) in [6.45, 7) is 3.94. The van der Waals surface area contributed by atoms with E-state index < -0.39 is 5.97 Å². The maximum Gasteiger partial charge on any atom is 0.335 e. The van der Waals surface area contributed by atoms with Crippen LogP contribution in [-0.2, 0) is 4.79 Å². The number of hydrogen-bond acceptors (Lipinski definition) is 3. The Bertz CT molecular complexity index is 481. The first-order valence-electron chi connectivity index (χ1n) is 5.57. The highest BCUT2D eigenvalue weighted by molar-refractivity contribution is 6.40. The van der Waals surface area contributed by atoms with E-state index in [1.165, 1.54) is 12.1 Å². The summed E-state index contributed by atoms with van der Waals surface area (Å²) in [5, 5.41) is 14.5. The second-order valence-electron chi connectivity index (χ2n) is 4.20. The Morgan fingerprint density at radius 2 is 1.79 bits per heavy atom. The van der Waals surface area contributed by atoms with Crippen molar-refractivity contribution in [3.05, 3.63) is 27.7 Å². The molecule has 0 aliphatic rings. The molecule has 3 N–H and O–H groups in total. The van der Waals surface area contributed by atoms with Crippen LogP contribution in [0.2, 0.25) is 10.0 Å². The molecule has 0 spiro atoms. The molecule has 0 aromatic heterocycles. The van der Waals surface area contributed by atoms with Crippen LogP contribution in [0.3, 0.4) is 0 Å². The van der Waals surface area contributed by atoms with Crippen molar-refractivity contribution in [3.8, 4) is 0 Å². The largest absolute Gasteiger partial charge is 0.478 e. The maximum absolute atomic E-state index is 11.6. The lowest BCUT2D eigenvalue weighted by Gasteiger charge is -2.12. The molecule has 0 aliphatic carbocycles. The van der Waals surface area contributed by atoms with E-state index in [4.69, 9.17) is 28.3 Å². The topological polar surface area (TPSA) is 78.4 Å². The van der Waals surface area contributed by atoms with E-state index in [-0.39, 0.29) is 39.8 Å². The smallest absolute Gasteiger partial charge is 0.335 e. The number of benzene rings is 1. The summed E-state index contributed by atoms with van der Waals surface area (Å²) in [5.41, 5.74) is 0.178. The normalized spacial score (nSPS) is 10.6. The number of amides is 1. The van der Waals surface area contributed by atoms with Crippen molar-refractivity contribution in [1.29, 1.82) is 0 Å². The zero-order chi connectivity index (χ0) is 14.6. The van der Waals surface area contributed by atoms with Gasteiger partial charge in [0.15, 0.2) is 0 Å². The van der Waals surface area contributed by atoms with Crippen LogP contribution >= 0.6 is 23.2 Å². The first-order valence-corrected chi connectivity index (χ1v) is 6.32. The minimum Gasteiger partial charge on any atom is -0.478 e. The highest BCUT2D eigenvalue weighted by Gasteiger charge is 2.14. The summed E-state index contributed by atoms with van der Waals surface area (Å²) in [5.74, 6) is -1.44. The van der Waals surface area contributed by atoms with Gasteiger partial charge in [-0.3, -0.25) is 4.79 Å². The molecular formula is C12H14Cl2N2O3. The fraction of sp³-hybridized carbons (Fsp3) is 0.333. The molecule has 0 atom stereocenters. The van der Waals surface area contributed by atoms with Crippen LogP contribution < -0.4 is 10.6 Å². The molecule has 0 heterocycles. The number of hydrogen-bond donors (Lipinski definition) is 3. The monoisotopic (exact) mass is 304 g/mol. The Kier molecular flexibility index (Phi) is 5.60. The van der Waals surface area contributed by atoms with E-state index in [0.29, 0.717) is 0 Å². The number of nitrogens with one attached hydrogen (secondary N) is 2. The maximum atomic E-state index is 11.6. The van der Waals surface area contributed by atoms with Gasteiger partial charge in [0.1, 0.15) is 0 Å². The summed E-state index contributed by atoms with van der Waals surface area (Å²) in [7, 11) is 0. The summed E-state index contributed by atoms with van der Waals surface area (Å²) >= 11 is 11.8. The Morgan fingerprint density at radius 1 is 1.26 bits per heavy atom. The molecule has 0 radical (unpaired) electrons. The van der Waals surface area contributed by atoms with Crippen LogP contribution in [0.15, 0.2) is 12.1 Å². The second-order valence-corrected chi connectivity index (χ2v) is 5.02. The fourth-order valence-corrected chi connectivity index (χ4v) is 1.88. The van der Waals surface area contributed by atoms with Crippen LogP contribution in [0.1, 0.15) is 24.2 Å². The fourth-order valence-electron chi connectivity index (χ4n) is 1.30. The summed E-state index contributed by atoms with van der Waals surface area (Å²) in [4.78, 5) is 22.4. The minimum absolute atomic E-state index is 0.0340. The van der Waals surface area contributed by atoms with Crippen molar-refractivity contribution in [3.63, 3.8) is 0 Å². The highest BCUT2D eigenvalue weighted by atomic mass is 35.5. The van der Waals surface area contributed by atoms with Crippen molar-refractivity contribution in [2.24, 2.45) is 0 Å². The van der Waals surface area contributed by atoms with Crippen LogP contribution in [-0.4, -0.2) is 29.6 Å². The van der Waals surface area contributed by atoms with Gasteiger partial charge >= 0.3 is 5.97 Å². The summed E-state index contributed by atoms with van der Waals surface area (Å²) in [6, 6.07) is 2.65. The molecule has 1 aromatic rings. The molecular weight excluding hydrogens is 291 g/mol. The van der Waals surface area contributed by atoms with Gasteiger partial charge in [-0.25, -0.2) is 4.79 Å². The summed E-state index contributed by atoms with van der Waals surface area (Å²) < 4.78 is 0. The first kappa shape index (κ1) is 15.8. The molecule has 0 aliphatic heterocycles. The Balaban J connectivity index is 2.84. The lowest BCUT2D eigenvalue weighted by atomic mass is 10.2. The molecule has 1 rings (SSSR count). The number of carboxylic acids is 1. The Labute approximate surface area is 120 Å². The molecule has 0 unspecified atom stereocenters. The van der Waals surface area contributed by atoms with Gasteiger partial charge in [-0.15, -0.1) is 0 Å². The van der Waals surface area contributed by atoms with E-state index in [2.05, 4.69) is 10.6 Å². The molecule has 5 nitrogen and oxygen atoms in total.